The Morgan fingerprint density at radius 2 is 1.90 bits per heavy atom. The number of carbonyl (C=O) groups is 1. The highest BCUT2D eigenvalue weighted by Crippen LogP contribution is 2.00. The molecule has 0 fully saturated rings. The van der Waals surface area contributed by atoms with Crippen LogP contribution in [-0.4, -0.2) is 6.29 Å². The van der Waals surface area contributed by atoms with Crippen LogP contribution in [0.2, 0.25) is 0 Å². The van der Waals surface area contributed by atoms with Gasteiger partial charge in [-0.3, -0.25) is 0 Å². The predicted octanol–water partition coefficient (Wildman–Crippen LogP) is 2.57. The molecule has 0 aromatic heterocycles. The van der Waals surface area contributed by atoms with Crippen LogP contribution in [0.5, 0.6) is 0 Å². The van der Waals surface area contributed by atoms with Crippen molar-refractivity contribution in [2.75, 3.05) is 0 Å². The Bertz CT molecular complexity index is 103. The summed E-state index contributed by atoms with van der Waals surface area (Å²) in [7, 11) is 0. The Kier molecular flexibility index (Phi) is 6.14. The molecule has 0 aromatic carbocycles. The summed E-state index contributed by atoms with van der Waals surface area (Å²) in [4.78, 5) is 9.87. The summed E-state index contributed by atoms with van der Waals surface area (Å²) < 4.78 is 0. The molecule has 0 radical (unpaired) electrons. The number of hydrogen-bond donors (Lipinski definition) is 0. The van der Waals surface area contributed by atoms with E-state index in [1.54, 1.807) is 0 Å². The second kappa shape index (κ2) is 6.53. The molecule has 0 bridgehead atoms. The lowest BCUT2D eigenvalue weighted by Crippen LogP contribution is -1.81. The van der Waals surface area contributed by atoms with Gasteiger partial charge in [0, 0.05) is 6.42 Å². The third-order valence-corrected chi connectivity index (χ3v) is 1.23. The molecule has 0 saturated carbocycles. The topological polar surface area (TPSA) is 17.1 Å². The first-order chi connectivity index (χ1) is 4.77. The lowest BCUT2D eigenvalue weighted by atomic mass is 10.1. The second-order valence-corrected chi connectivity index (χ2v) is 2.84. The largest absolute Gasteiger partial charge is 0.303 e. The van der Waals surface area contributed by atoms with Gasteiger partial charge in [0.1, 0.15) is 6.29 Å². The van der Waals surface area contributed by atoms with E-state index in [1.807, 2.05) is 0 Å². The molecule has 10 heavy (non-hydrogen) atoms. The first-order valence-electron chi connectivity index (χ1n) is 3.86. The summed E-state index contributed by atoms with van der Waals surface area (Å²) >= 11 is 0. The lowest BCUT2D eigenvalue weighted by molar-refractivity contribution is -0.107. The van der Waals surface area contributed by atoms with E-state index >= 15 is 0 Å². The van der Waals surface area contributed by atoms with Crippen molar-refractivity contribution >= 4 is 6.29 Å². The standard InChI is InChI=1S/C9H16O/c1-9(2)7-5-3-4-6-8-10/h3,5,8-9H,4,6-7H2,1-2H3/b5-3+. The number of hydrogen-bond acceptors (Lipinski definition) is 1. The molecule has 0 amide bonds. The Morgan fingerprint density at radius 3 is 2.40 bits per heavy atom. The molecule has 0 rings (SSSR count). The molecule has 0 spiro atoms. The Hall–Kier alpha value is -0.590. The Labute approximate surface area is 63.1 Å². The van der Waals surface area contributed by atoms with Crippen molar-refractivity contribution in [3.63, 3.8) is 0 Å². The summed E-state index contributed by atoms with van der Waals surface area (Å²) in [6.45, 7) is 4.37. The third-order valence-electron chi connectivity index (χ3n) is 1.23. The van der Waals surface area contributed by atoms with Crippen LogP contribution in [0.1, 0.15) is 33.1 Å². The van der Waals surface area contributed by atoms with Crippen LogP contribution in [0.15, 0.2) is 12.2 Å². The fourth-order valence-electron chi connectivity index (χ4n) is 0.651. The van der Waals surface area contributed by atoms with Crippen molar-refractivity contribution < 1.29 is 4.79 Å². The van der Waals surface area contributed by atoms with Crippen LogP contribution in [0.4, 0.5) is 0 Å². The Balaban J connectivity index is 3.11. The summed E-state index contributed by atoms with van der Waals surface area (Å²) in [5.41, 5.74) is 0. The molecule has 1 heteroatoms. The van der Waals surface area contributed by atoms with Gasteiger partial charge in [-0.2, -0.15) is 0 Å². The normalized spacial score (nSPS) is 11.1. The van der Waals surface area contributed by atoms with Crippen LogP contribution >= 0.6 is 0 Å². The highest BCUT2D eigenvalue weighted by atomic mass is 16.1. The van der Waals surface area contributed by atoms with E-state index in [0.29, 0.717) is 6.42 Å². The molecule has 0 aliphatic carbocycles. The third kappa shape index (κ3) is 7.41. The van der Waals surface area contributed by atoms with Crippen LogP contribution in [-0.2, 0) is 4.79 Å². The maximum atomic E-state index is 9.87. The van der Waals surface area contributed by atoms with E-state index < -0.39 is 0 Å². The number of allylic oxidation sites excluding steroid dienone is 2. The second-order valence-electron chi connectivity index (χ2n) is 2.84. The van der Waals surface area contributed by atoms with Crippen LogP contribution < -0.4 is 0 Å². The minimum Gasteiger partial charge on any atom is -0.303 e. The molecule has 0 aliphatic rings. The zero-order valence-corrected chi connectivity index (χ0v) is 6.84. The summed E-state index contributed by atoms with van der Waals surface area (Å²) in [5, 5.41) is 0. The van der Waals surface area contributed by atoms with Crippen molar-refractivity contribution in [2.45, 2.75) is 33.1 Å². The first-order valence-corrected chi connectivity index (χ1v) is 3.86. The van der Waals surface area contributed by atoms with Crippen molar-refractivity contribution in [3.8, 4) is 0 Å². The van der Waals surface area contributed by atoms with E-state index in [0.717, 1.165) is 25.0 Å². The maximum Gasteiger partial charge on any atom is 0.120 e. The SMILES string of the molecule is CC(C)C/C=C/CCC=O. The van der Waals surface area contributed by atoms with E-state index in [9.17, 15) is 4.79 Å². The molecule has 0 aliphatic heterocycles. The highest BCUT2D eigenvalue weighted by Gasteiger charge is 1.86. The van der Waals surface area contributed by atoms with Crippen molar-refractivity contribution in [2.24, 2.45) is 5.92 Å². The van der Waals surface area contributed by atoms with Gasteiger partial charge in [-0.25, -0.2) is 0 Å². The monoisotopic (exact) mass is 140 g/mol. The van der Waals surface area contributed by atoms with E-state index in [4.69, 9.17) is 0 Å². The zero-order chi connectivity index (χ0) is 7.82. The minimum atomic E-state index is 0.661. The van der Waals surface area contributed by atoms with Gasteiger partial charge in [0.05, 0.1) is 0 Å². The van der Waals surface area contributed by atoms with Gasteiger partial charge in [0.15, 0.2) is 0 Å². The molecule has 0 atom stereocenters. The van der Waals surface area contributed by atoms with Gasteiger partial charge >= 0.3 is 0 Å². The van der Waals surface area contributed by atoms with Gasteiger partial charge in [-0.15, -0.1) is 0 Å². The van der Waals surface area contributed by atoms with Gasteiger partial charge in [0.2, 0.25) is 0 Å². The highest BCUT2D eigenvalue weighted by molar-refractivity contribution is 5.49. The molecule has 0 heterocycles. The first kappa shape index (κ1) is 9.41. The molecule has 0 unspecified atom stereocenters. The molecule has 1 nitrogen and oxygen atoms in total. The van der Waals surface area contributed by atoms with Crippen LogP contribution in [0.25, 0.3) is 0 Å². The molecular weight excluding hydrogens is 124 g/mol. The smallest absolute Gasteiger partial charge is 0.120 e. The fourth-order valence-corrected chi connectivity index (χ4v) is 0.651. The minimum absolute atomic E-state index is 0.661. The number of aldehydes is 1. The number of rotatable bonds is 5. The zero-order valence-electron chi connectivity index (χ0n) is 6.84. The molecule has 0 saturated heterocycles. The van der Waals surface area contributed by atoms with Crippen LogP contribution in [0.3, 0.4) is 0 Å². The lowest BCUT2D eigenvalue weighted by Gasteiger charge is -1.95. The van der Waals surface area contributed by atoms with Crippen molar-refractivity contribution in [1.29, 1.82) is 0 Å². The summed E-state index contributed by atoms with van der Waals surface area (Å²) in [5.74, 6) is 0.729. The van der Waals surface area contributed by atoms with Crippen molar-refractivity contribution in [1.82, 2.24) is 0 Å². The number of carbonyl (C=O) groups excluding carboxylic acids is 1. The summed E-state index contributed by atoms with van der Waals surface area (Å²) in [6.07, 6.45) is 7.87. The van der Waals surface area contributed by atoms with Gasteiger partial charge in [0.25, 0.3) is 0 Å². The van der Waals surface area contributed by atoms with E-state index in [1.165, 1.54) is 0 Å². The molecule has 0 aromatic rings. The van der Waals surface area contributed by atoms with Gasteiger partial charge in [-0.1, -0.05) is 26.0 Å². The number of unbranched alkanes of at least 4 members (excludes halogenated alkanes) is 1. The molecular formula is C9H16O. The quantitative estimate of drug-likeness (QED) is 0.326. The summed E-state index contributed by atoms with van der Waals surface area (Å²) in [6, 6.07) is 0. The maximum absolute atomic E-state index is 9.87. The molecule has 58 valence electrons. The van der Waals surface area contributed by atoms with E-state index in [2.05, 4.69) is 26.0 Å². The Morgan fingerprint density at radius 1 is 1.20 bits per heavy atom. The van der Waals surface area contributed by atoms with E-state index in [-0.39, 0.29) is 0 Å². The fraction of sp³-hybridized carbons (Fsp3) is 0.667. The average molecular weight is 140 g/mol. The average Bonchev–Trinajstić information content (AvgIpc) is 1.87. The predicted molar refractivity (Wildman–Crippen MR) is 43.9 cm³/mol. The van der Waals surface area contributed by atoms with Crippen molar-refractivity contribution in [3.05, 3.63) is 12.2 Å². The van der Waals surface area contributed by atoms with Gasteiger partial charge < -0.3 is 4.79 Å². The van der Waals surface area contributed by atoms with Crippen LogP contribution in [0, 0.1) is 5.92 Å². The van der Waals surface area contributed by atoms with Gasteiger partial charge in [-0.05, 0) is 18.8 Å². The molecule has 0 N–H and O–H groups in total.